The minimum absolute atomic E-state index is 0.781. The summed E-state index contributed by atoms with van der Waals surface area (Å²) in [6, 6.07) is 21.1. The standard InChI is InChI=1S/C34H44N2O2S/c1-3-5-7-9-11-13-25-37-29-19-15-27(16-20-29)31-23-24-32(34-33(31)35-39-36-34)28-17-21-30(22-18-28)38-26-14-12-10-8-6-4-2/h15-24H,3-14,25-26H2,1-2H3. The first-order valence-corrected chi connectivity index (χ1v) is 15.7. The lowest BCUT2D eigenvalue weighted by atomic mass is 9.98. The van der Waals surface area contributed by atoms with Crippen molar-refractivity contribution in [2.75, 3.05) is 13.2 Å². The van der Waals surface area contributed by atoms with Gasteiger partial charge in [0.1, 0.15) is 22.5 Å². The lowest BCUT2D eigenvalue weighted by molar-refractivity contribution is 0.304. The van der Waals surface area contributed by atoms with E-state index in [-0.39, 0.29) is 0 Å². The van der Waals surface area contributed by atoms with Gasteiger partial charge in [0.15, 0.2) is 0 Å². The first-order chi connectivity index (χ1) is 19.3. The van der Waals surface area contributed by atoms with Gasteiger partial charge in [0.05, 0.1) is 24.9 Å². The summed E-state index contributed by atoms with van der Waals surface area (Å²) in [5, 5.41) is 0. The van der Waals surface area contributed by atoms with Crippen LogP contribution in [0.2, 0.25) is 0 Å². The lowest BCUT2D eigenvalue weighted by Gasteiger charge is -2.10. The Morgan fingerprint density at radius 3 is 1.28 bits per heavy atom. The molecule has 0 saturated heterocycles. The molecule has 3 aromatic carbocycles. The Bertz CT molecular complexity index is 1140. The van der Waals surface area contributed by atoms with Crippen molar-refractivity contribution in [3.8, 4) is 33.8 Å². The molecule has 0 amide bonds. The van der Waals surface area contributed by atoms with Crippen molar-refractivity contribution >= 4 is 22.8 Å². The molecule has 5 heteroatoms. The molecular formula is C34H44N2O2S. The maximum atomic E-state index is 5.98. The Labute approximate surface area is 239 Å². The molecule has 39 heavy (non-hydrogen) atoms. The van der Waals surface area contributed by atoms with E-state index in [4.69, 9.17) is 9.47 Å². The van der Waals surface area contributed by atoms with Gasteiger partial charge in [0, 0.05) is 11.1 Å². The molecule has 4 nitrogen and oxygen atoms in total. The van der Waals surface area contributed by atoms with E-state index in [0.717, 1.165) is 70.8 Å². The van der Waals surface area contributed by atoms with Crippen LogP contribution in [-0.4, -0.2) is 22.0 Å². The molecule has 0 aliphatic heterocycles. The van der Waals surface area contributed by atoms with Crippen LogP contribution in [0.1, 0.15) is 90.9 Å². The van der Waals surface area contributed by atoms with Crippen LogP contribution in [0.15, 0.2) is 60.7 Å². The second-order valence-electron chi connectivity index (χ2n) is 10.4. The number of aromatic nitrogens is 2. The Kier molecular flexibility index (Phi) is 12.1. The highest BCUT2D eigenvalue weighted by Gasteiger charge is 2.14. The third kappa shape index (κ3) is 8.79. The van der Waals surface area contributed by atoms with Gasteiger partial charge in [-0.2, -0.15) is 8.75 Å². The third-order valence-electron chi connectivity index (χ3n) is 7.28. The Balaban J connectivity index is 1.33. The van der Waals surface area contributed by atoms with Gasteiger partial charge in [-0.3, -0.25) is 0 Å². The molecule has 208 valence electrons. The number of hydrogen-bond acceptors (Lipinski definition) is 5. The summed E-state index contributed by atoms with van der Waals surface area (Å²) in [7, 11) is 0. The number of fused-ring (bicyclic) bond motifs is 1. The Morgan fingerprint density at radius 1 is 0.487 bits per heavy atom. The fraction of sp³-hybridized carbons (Fsp3) is 0.471. The summed E-state index contributed by atoms with van der Waals surface area (Å²) >= 11 is 1.27. The number of unbranched alkanes of at least 4 members (excludes halogenated alkanes) is 10. The molecule has 1 aromatic heterocycles. The molecule has 0 spiro atoms. The molecule has 0 aliphatic carbocycles. The number of rotatable bonds is 18. The second kappa shape index (κ2) is 16.2. The quantitative estimate of drug-likeness (QED) is 0.117. The monoisotopic (exact) mass is 544 g/mol. The topological polar surface area (TPSA) is 44.2 Å². The summed E-state index contributed by atoms with van der Waals surface area (Å²) < 4.78 is 21.3. The summed E-state index contributed by atoms with van der Waals surface area (Å²) in [5.74, 6) is 1.85. The van der Waals surface area contributed by atoms with Crippen molar-refractivity contribution in [3.05, 3.63) is 60.7 Å². The van der Waals surface area contributed by atoms with Gasteiger partial charge >= 0.3 is 0 Å². The van der Waals surface area contributed by atoms with Crippen LogP contribution in [-0.2, 0) is 0 Å². The van der Waals surface area contributed by atoms with Crippen molar-refractivity contribution in [3.63, 3.8) is 0 Å². The second-order valence-corrected chi connectivity index (χ2v) is 10.9. The maximum absolute atomic E-state index is 5.98. The molecule has 0 saturated carbocycles. The predicted octanol–water partition coefficient (Wildman–Crippen LogP) is 10.5. The molecule has 0 aliphatic rings. The third-order valence-corrected chi connectivity index (χ3v) is 7.81. The first-order valence-electron chi connectivity index (χ1n) is 15.0. The number of hydrogen-bond donors (Lipinski definition) is 0. The zero-order chi connectivity index (χ0) is 27.1. The number of nitrogens with zero attached hydrogens (tertiary/aromatic N) is 2. The van der Waals surface area contributed by atoms with Crippen LogP contribution in [0, 0.1) is 0 Å². The van der Waals surface area contributed by atoms with Crippen molar-refractivity contribution in [1.29, 1.82) is 0 Å². The summed E-state index contributed by atoms with van der Waals surface area (Å²) in [4.78, 5) is 0. The molecule has 0 unspecified atom stereocenters. The van der Waals surface area contributed by atoms with Crippen LogP contribution >= 0.6 is 11.7 Å². The fourth-order valence-electron chi connectivity index (χ4n) is 4.94. The van der Waals surface area contributed by atoms with Gasteiger partial charge < -0.3 is 9.47 Å². The highest BCUT2D eigenvalue weighted by atomic mass is 32.1. The highest BCUT2D eigenvalue weighted by Crippen LogP contribution is 2.35. The van der Waals surface area contributed by atoms with Crippen molar-refractivity contribution < 1.29 is 9.47 Å². The smallest absolute Gasteiger partial charge is 0.119 e. The average molecular weight is 545 g/mol. The van der Waals surface area contributed by atoms with E-state index in [1.54, 1.807) is 0 Å². The molecule has 1 heterocycles. The van der Waals surface area contributed by atoms with Crippen LogP contribution in [0.5, 0.6) is 11.5 Å². The molecule has 0 N–H and O–H groups in total. The van der Waals surface area contributed by atoms with E-state index in [1.165, 1.54) is 75.9 Å². The van der Waals surface area contributed by atoms with Crippen LogP contribution < -0.4 is 9.47 Å². The van der Waals surface area contributed by atoms with Crippen molar-refractivity contribution in [2.24, 2.45) is 0 Å². The lowest BCUT2D eigenvalue weighted by Crippen LogP contribution is -1.97. The molecule has 0 radical (unpaired) electrons. The molecule has 4 rings (SSSR count). The molecule has 0 atom stereocenters. The van der Waals surface area contributed by atoms with Crippen LogP contribution in [0.4, 0.5) is 0 Å². The summed E-state index contributed by atoms with van der Waals surface area (Å²) in [6.45, 7) is 6.07. The van der Waals surface area contributed by atoms with Gasteiger partial charge in [-0.15, -0.1) is 0 Å². The molecule has 0 fully saturated rings. The van der Waals surface area contributed by atoms with E-state index in [9.17, 15) is 0 Å². The van der Waals surface area contributed by atoms with Crippen LogP contribution in [0.3, 0.4) is 0 Å². The largest absolute Gasteiger partial charge is 0.494 e. The number of ether oxygens (including phenoxy) is 2. The van der Waals surface area contributed by atoms with Gasteiger partial charge in [-0.1, -0.05) is 114 Å². The van der Waals surface area contributed by atoms with Crippen molar-refractivity contribution in [2.45, 2.75) is 90.9 Å². The molecular weight excluding hydrogens is 500 g/mol. The van der Waals surface area contributed by atoms with E-state index >= 15 is 0 Å². The van der Waals surface area contributed by atoms with Gasteiger partial charge in [0.25, 0.3) is 0 Å². The summed E-state index contributed by atoms with van der Waals surface area (Å²) in [5.41, 5.74) is 6.35. The maximum Gasteiger partial charge on any atom is 0.119 e. The zero-order valence-electron chi connectivity index (χ0n) is 23.8. The van der Waals surface area contributed by atoms with Gasteiger partial charge in [-0.25, -0.2) is 0 Å². The van der Waals surface area contributed by atoms with E-state index in [1.807, 2.05) is 0 Å². The fourth-order valence-corrected chi connectivity index (χ4v) is 5.51. The van der Waals surface area contributed by atoms with Crippen LogP contribution in [0.25, 0.3) is 33.3 Å². The molecule has 4 aromatic rings. The average Bonchev–Trinajstić information content (AvgIpc) is 3.47. The molecule has 0 bridgehead atoms. The van der Waals surface area contributed by atoms with Gasteiger partial charge in [0.2, 0.25) is 0 Å². The zero-order valence-corrected chi connectivity index (χ0v) is 24.6. The Hall–Kier alpha value is -2.92. The Morgan fingerprint density at radius 2 is 0.872 bits per heavy atom. The highest BCUT2D eigenvalue weighted by molar-refractivity contribution is 7.00. The van der Waals surface area contributed by atoms with Gasteiger partial charge in [-0.05, 0) is 48.2 Å². The SMILES string of the molecule is CCCCCCCCOc1ccc(-c2ccc(-c3ccc(OCCCCCCCC)cc3)c3nsnc23)cc1. The normalized spacial score (nSPS) is 11.2. The van der Waals surface area contributed by atoms with E-state index in [2.05, 4.69) is 83.3 Å². The van der Waals surface area contributed by atoms with Crippen molar-refractivity contribution in [1.82, 2.24) is 8.75 Å². The summed E-state index contributed by atoms with van der Waals surface area (Å²) in [6.07, 6.45) is 15.3. The minimum Gasteiger partial charge on any atom is -0.494 e. The first kappa shape index (κ1) is 29.1. The van der Waals surface area contributed by atoms with E-state index < -0.39 is 0 Å². The van der Waals surface area contributed by atoms with E-state index in [0.29, 0.717) is 0 Å². The predicted molar refractivity (Wildman–Crippen MR) is 166 cm³/mol. The minimum atomic E-state index is 0.781. The number of benzene rings is 3.